The summed E-state index contributed by atoms with van der Waals surface area (Å²) in [6.07, 6.45) is 4.35. The van der Waals surface area contributed by atoms with Gasteiger partial charge in [0, 0.05) is 38.7 Å². The molecular formula is C19H23FN6O. The largest absolute Gasteiger partial charge is 0.396 e. The number of H-pyrrole nitrogens is 1. The molecule has 0 radical (unpaired) electrons. The molecular weight excluding hydrogens is 347 g/mol. The van der Waals surface area contributed by atoms with Crippen molar-refractivity contribution < 1.29 is 9.50 Å². The van der Waals surface area contributed by atoms with E-state index in [0.29, 0.717) is 24.4 Å². The highest BCUT2D eigenvalue weighted by atomic mass is 19.1. The van der Waals surface area contributed by atoms with Crippen LogP contribution >= 0.6 is 0 Å². The number of aliphatic hydroxyl groups excluding tert-OH is 1. The number of halogens is 1. The zero-order chi connectivity index (χ0) is 18.6. The summed E-state index contributed by atoms with van der Waals surface area (Å²) in [4.78, 5) is 18.5. The van der Waals surface area contributed by atoms with Gasteiger partial charge in [0.2, 0.25) is 0 Å². The van der Waals surface area contributed by atoms with Crippen molar-refractivity contribution in [2.75, 3.05) is 36.5 Å². The van der Waals surface area contributed by atoms with Crippen LogP contribution in [-0.4, -0.2) is 51.3 Å². The summed E-state index contributed by atoms with van der Waals surface area (Å²) in [5, 5.41) is 12.7. The smallest absolute Gasteiger partial charge is 0.134 e. The lowest BCUT2D eigenvalue weighted by molar-refractivity contribution is 0.208. The van der Waals surface area contributed by atoms with Crippen molar-refractivity contribution in [3.8, 4) is 0 Å². The third-order valence-corrected chi connectivity index (χ3v) is 4.91. The Hall–Kier alpha value is -2.74. The molecule has 1 unspecified atom stereocenters. The van der Waals surface area contributed by atoms with Crippen LogP contribution in [-0.2, 0) is 6.42 Å². The summed E-state index contributed by atoms with van der Waals surface area (Å²) in [6, 6.07) is 6.48. The topological polar surface area (TPSA) is 90.0 Å². The monoisotopic (exact) mass is 370 g/mol. The van der Waals surface area contributed by atoms with Gasteiger partial charge in [-0.15, -0.1) is 0 Å². The second-order valence-corrected chi connectivity index (χ2v) is 6.92. The van der Waals surface area contributed by atoms with E-state index in [1.807, 2.05) is 6.07 Å². The van der Waals surface area contributed by atoms with Crippen LogP contribution in [0.1, 0.15) is 18.7 Å². The van der Waals surface area contributed by atoms with Gasteiger partial charge >= 0.3 is 0 Å². The predicted octanol–water partition coefficient (Wildman–Crippen LogP) is 2.36. The molecule has 1 aromatic carbocycles. The van der Waals surface area contributed by atoms with Crippen molar-refractivity contribution in [1.29, 1.82) is 0 Å². The second kappa shape index (κ2) is 7.87. The number of hydrogen-bond donors (Lipinski definition) is 3. The molecule has 4 rings (SSSR count). The molecule has 0 amide bonds. The number of rotatable bonds is 6. The lowest BCUT2D eigenvalue weighted by atomic mass is 9.99. The molecule has 7 nitrogen and oxygen atoms in total. The fourth-order valence-corrected chi connectivity index (χ4v) is 3.50. The summed E-state index contributed by atoms with van der Waals surface area (Å²) in [7, 11) is 0. The van der Waals surface area contributed by atoms with Gasteiger partial charge in [-0.3, -0.25) is 0 Å². The van der Waals surface area contributed by atoms with Crippen LogP contribution in [0.2, 0.25) is 0 Å². The van der Waals surface area contributed by atoms with Gasteiger partial charge in [0.1, 0.15) is 29.6 Å². The van der Waals surface area contributed by atoms with Gasteiger partial charge in [0.05, 0.1) is 11.0 Å². The molecule has 0 saturated carbocycles. The number of piperidine rings is 1. The Kier molecular flexibility index (Phi) is 5.15. The predicted molar refractivity (Wildman–Crippen MR) is 102 cm³/mol. The first-order valence-electron chi connectivity index (χ1n) is 9.27. The first-order chi connectivity index (χ1) is 13.2. The number of nitrogens with zero attached hydrogens (tertiary/aromatic N) is 4. The molecule has 27 heavy (non-hydrogen) atoms. The molecule has 3 aromatic rings. The minimum atomic E-state index is -0.273. The van der Waals surface area contributed by atoms with E-state index in [4.69, 9.17) is 0 Å². The first-order valence-corrected chi connectivity index (χ1v) is 9.27. The van der Waals surface area contributed by atoms with E-state index in [0.717, 1.165) is 48.9 Å². The van der Waals surface area contributed by atoms with Crippen LogP contribution in [0, 0.1) is 11.7 Å². The molecule has 0 spiro atoms. The van der Waals surface area contributed by atoms with Gasteiger partial charge in [-0.25, -0.2) is 19.3 Å². The van der Waals surface area contributed by atoms with Gasteiger partial charge in [-0.2, -0.15) is 0 Å². The molecule has 3 heterocycles. The summed E-state index contributed by atoms with van der Waals surface area (Å²) >= 11 is 0. The third kappa shape index (κ3) is 4.16. The number of benzene rings is 1. The highest BCUT2D eigenvalue weighted by molar-refractivity contribution is 5.74. The Balaban J connectivity index is 1.36. The molecule has 2 aromatic heterocycles. The van der Waals surface area contributed by atoms with Crippen LogP contribution in [0.4, 0.5) is 16.0 Å². The van der Waals surface area contributed by atoms with E-state index in [1.54, 1.807) is 12.4 Å². The Morgan fingerprint density at radius 1 is 1.30 bits per heavy atom. The van der Waals surface area contributed by atoms with Gasteiger partial charge < -0.3 is 20.3 Å². The lowest BCUT2D eigenvalue weighted by Crippen LogP contribution is -2.37. The number of anilines is 2. The summed E-state index contributed by atoms with van der Waals surface area (Å²) < 4.78 is 13.3. The van der Waals surface area contributed by atoms with E-state index < -0.39 is 0 Å². The summed E-state index contributed by atoms with van der Waals surface area (Å²) in [5.74, 6) is 2.48. The van der Waals surface area contributed by atoms with Crippen molar-refractivity contribution >= 4 is 22.7 Å². The average molecular weight is 370 g/mol. The van der Waals surface area contributed by atoms with Crippen molar-refractivity contribution in [3.63, 3.8) is 0 Å². The quantitative estimate of drug-likeness (QED) is 0.617. The highest BCUT2D eigenvalue weighted by Gasteiger charge is 2.20. The zero-order valence-corrected chi connectivity index (χ0v) is 15.0. The van der Waals surface area contributed by atoms with E-state index >= 15 is 0 Å². The van der Waals surface area contributed by atoms with Gasteiger partial charge in [-0.1, -0.05) is 0 Å². The standard InChI is InChI=1S/C19H23FN6O/c20-14-3-4-15-16(8-14)25-17(24-15)5-6-21-18-9-19(23-12-22-18)26-7-1-2-13(10-26)11-27/h3-4,8-9,12-13,27H,1-2,5-7,10-11H2,(H,24,25)(H,21,22,23). The lowest BCUT2D eigenvalue weighted by Gasteiger charge is -2.32. The third-order valence-electron chi connectivity index (χ3n) is 4.91. The van der Waals surface area contributed by atoms with Crippen molar-refractivity contribution in [3.05, 3.63) is 42.2 Å². The molecule has 1 fully saturated rings. The Morgan fingerprint density at radius 2 is 2.22 bits per heavy atom. The minimum absolute atomic E-state index is 0.216. The fraction of sp³-hybridized carbons (Fsp3) is 0.421. The second-order valence-electron chi connectivity index (χ2n) is 6.92. The molecule has 0 aliphatic carbocycles. The van der Waals surface area contributed by atoms with E-state index in [1.165, 1.54) is 12.1 Å². The number of aromatic amines is 1. The highest BCUT2D eigenvalue weighted by Crippen LogP contribution is 2.22. The number of nitrogens with one attached hydrogen (secondary N) is 2. The van der Waals surface area contributed by atoms with Gasteiger partial charge in [0.15, 0.2) is 0 Å². The summed E-state index contributed by atoms with van der Waals surface area (Å²) in [5.41, 5.74) is 1.47. The normalized spacial score (nSPS) is 17.4. The Bertz CT molecular complexity index is 914. The number of aliphatic hydroxyl groups is 1. The maximum absolute atomic E-state index is 13.3. The summed E-state index contributed by atoms with van der Waals surface area (Å²) in [6.45, 7) is 2.64. The SMILES string of the molecule is OCC1CCCN(c2cc(NCCc3nc4ccc(F)cc4[nH]3)ncn2)C1. The maximum Gasteiger partial charge on any atom is 0.134 e. The van der Waals surface area contributed by atoms with Gasteiger partial charge in [-0.05, 0) is 37.0 Å². The van der Waals surface area contributed by atoms with Crippen LogP contribution in [0.15, 0.2) is 30.6 Å². The number of imidazole rings is 1. The van der Waals surface area contributed by atoms with Crippen LogP contribution in [0.3, 0.4) is 0 Å². The van der Waals surface area contributed by atoms with E-state index in [2.05, 4.69) is 30.2 Å². The maximum atomic E-state index is 13.3. The zero-order valence-electron chi connectivity index (χ0n) is 15.0. The van der Waals surface area contributed by atoms with Crippen molar-refractivity contribution in [1.82, 2.24) is 19.9 Å². The molecule has 1 aliphatic heterocycles. The molecule has 8 heteroatoms. The molecule has 1 atom stereocenters. The molecule has 3 N–H and O–H groups in total. The van der Waals surface area contributed by atoms with Crippen molar-refractivity contribution in [2.45, 2.75) is 19.3 Å². The molecule has 1 aliphatic rings. The molecule has 142 valence electrons. The first kappa shape index (κ1) is 17.7. The van der Waals surface area contributed by atoms with Crippen molar-refractivity contribution in [2.24, 2.45) is 5.92 Å². The Labute approximate surface area is 156 Å². The number of hydrogen-bond acceptors (Lipinski definition) is 6. The molecule has 0 bridgehead atoms. The van der Waals surface area contributed by atoms with Crippen LogP contribution in [0.5, 0.6) is 0 Å². The van der Waals surface area contributed by atoms with E-state index in [-0.39, 0.29) is 12.4 Å². The van der Waals surface area contributed by atoms with Crippen LogP contribution in [0.25, 0.3) is 11.0 Å². The minimum Gasteiger partial charge on any atom is -0.396 e. The average Bonchev–Trinajstić information content (AvgIpc) is 3.10. The van der Waals surface area contributed by atoms with Crippen LogP contribution < -0.4 is 10.2 Å². The van der Waals surface area contributed by atoms with E-state index in [9.17, 15) is 9.50 Å². The molecule has 1 saturated heterocycles. The van der Waals surface area contributed by atoms with Gasteiger partial charge in [0.25, 0.3) is 0 Å². The number of fused-ring (bicyclic) bond motifs is 1. The Morgan fingerprint density at radius 3 is 3.11 bits per heavy atom. The fourth-order valence-electron chi connectivity index (χ4n) is 3.50. The number of aromatic nitrogens is 4.